The van der Waals surface area contributed by atoms with E-state index in [1.807, 2.05) is 6.07 Å². The van der Waals surface area contributed by atoms with Crippen molar-refractivity contribution in [1.29, 1.82) is 0 Å². The molecule has 1 fully saturated rings. The maximum Gasteiger partial charge on any atom is 0.514 e. The predicted molar refractivity (Wildman–Crippen MR) is 129 cm³/mol. The van der Waals surface area contributed by atoms with Crippen LogP contribution in [0.1, 0.15) is 74.8 Å². The van der Waals surface area contributed by atoms with E-state index < -0.39 is 7.12 Å². The Morgan fingerprint density at radius 3 is 2.17 bits per heavy atom. The average molecular weight is 431 g/mol. The number of pyridine rings is 1. The van der Waals surface area contributed by atoms with E-state index >= 15 is 0 Å². The highest BCUT2D eigenvalue weighted by molar-refractivity contribution is 7.98. The van der Waals surface area contributed by atoms with Crippen molar-refractivity contribution in [2.24, 2.45) is 5.41 Å². The summed E-state index contributed by atoms with van der Waals surface area (Å²) in [4.78, 5) is 5.03. The number of nitrogens with zero attached hydrogens (tertiary/aromatic N) is 2. The standard InChI is InChI=1S/C23H38BN3O2S/c1-20(2,3)15-27-14-16(13-25-30-21(4,5)6)17-11-12-18(26-19(17)27)24-28-22(7,8)23(9,10)29-24/h11-12,14,25H,13,15H2,1-10H3. The highest BCUT2D eigenvalue weighted by atomic mass is 32.2. The third-order valence-electron chi connectivity index (χ3n) is 5.61. The van der Waals surface area contributed by atoms with E-state index in [1.54, 1.807) is 11.9 Å². The summed E-state index contributed by atoms with van der Waals surface area (Å²) in [6.07, 6.45) is 2.24. The summed E-state index contributed by atoms with van der Waals surface area (Å²) in [6.45, 7) is 23.4. The molecule has 0 aliphatic carbocycles. The molecule has 1 aliphatic heterocycles. The second-order valence-corrected chi connectivity index (χ2v) is 13.3. The monoisotopic (exact) mass is 431 g/mol. The third kappa shape index (κ3) is 5.24. The van der Waals surface area contributed by atoms with Gasteiger partial charge in [0, 0.05) is 29.4 Å². The van der Waals surface area contributed by atoms with E-state index in [0.717, 1.165) is 24.3 Å². The summed E-state index contributed by atoms with van der Waals surface area (Å²) in [5.41, 5.74) is 2.49. The van der Waals surface area contributed by atoms with E-state index in [9.17, 15) is 0 Å². The van der Waals surface area contributed by atoms with Crippen LogP contribution in [-0.2, 0) is 22.4 Å². The lowest BCUT2D eigenvalue weighted by Gasteiger charge is -2.32. The fourth-order valence-corrected chi connectivity index (χ4v) is 4.11. The molecule has 1 N–H and O–H groups in total. The molecule has 3 rings (SSSR count). The first-order chi connectivity index (χ1) is 13.6. The molecule has 2 aromatic heterocycles. The Balaban J connectivity index is 1.95. The van der Waals surface area contributed by atoms with Gasteiger partial charge >= 0.3 is 7.12 Å². The smallest absolute Gasteiger partial charge is 0.398 e. The van der Waals surface area contributed by atoms with Crippen molar-refractivity contribution in [3.05, 3.63) is 23.9 Å². The van der Waals surface area contributed by atoms with Gasteiger partial charge in [-0.1, -0.05) is 32.7 Å². The summed E-state index contributed by atoms with van der Waals surface area (Å²) in [5.74, 6) is 0. The Morgan fingerprint density at radius 2 is 1.63 bits per heavy atom. The van der Waals surface area contributed by atoms with Gasteiger partial charge in [0.1, 0.15) is 5.65 Å². The van der Waals surface area contributed by atoms with Crippen LogP contribution in [0.15, 0.2) is 18.3 Å². The molecule has 0 radical (unpaired) electrons. The number of hydrogen-bond acceptors (Lipinski definition) is 5. The first-order valence-corrected chi connectivity index (χ1v) is 11.6. The molecule has 5 nitrogen and oxygen atoms in total. The zero-order chi connectivity index (χ0) is 22.5. The maximum absolute atomic E-state index is 6.24. The molecule has 3 heterocycles. The van der Waals surface area contributed by atoms with Crippen LogP contribution < -0.4 is 10.3 Å². The van der Waals surface area contributed by atoms with Crippen molar-refractivity contribution >= 4 is 35.7 Å². The Bertz CT molecular complexity index is 894. The quantitative estimate of drug-likeness (QED) is 0.538. The molecule has 0 atom stereocenters. The minimum absolute atomic E-state index is 0.152. The SMILES string of the molecule is CC(C)(C)Cn1cc(CNSC(C)(C)C)c2ccc(B3OC(C)(C)C(C)(C)O3)nc21. The van der Waals surface area contributed by atoms with Crippen LogP contribution in [0.3, 0.4) is 0 Å². The van der Waals surface area contributed by atoms with Gasteiger partial charge in [0.2, 0.25) is 0 Å². The van der Waals surface area contributed by atoms with Crippen LogP contribution in [-0.4, -0.2) is 32.6 Å². The zero-order valence-corrected chi connectivity index (χ0v) is 21.2. The van der Waals surface area contributed by atoms with Gasteiger partial charge in [0.15, 0.2) is 0 Å². The lowest BCUT2D eigenvalue weighted by atomic mass is 9.84. The lowest BCUT2D eigenvalue weighted by molar-refractivity contribution is 0.00578. The number of hydrogen-bond donors (Lipinski definition) is 1. The second kappa shape index (κ2) is 7.84. The summed E-state index contributed by atoms with van der Waals surface area (Å²) in [5, 5.41) is 1.18. The third-order valence-corrected chi connectivity index (χ3v) is 6.51. The van der Waals surface area contributed by atoms with Gasteiger partial charge in [0.25, 0.3) is 0 Å². The number of rotatable bonds is 5. The van der Waals surface area contributed by atoms with E-state index in [2.05, 4.69) is 90.8 Å². The van der Waals surface area contributed by atoms with Crippen molar-refractivity contribution in [1.82, 2.24) is 14.3 Å². The molecule has 166 valence electrons. The average Bonchev–Trinajstić information content (AvgIpc) is 2.98. The van der Waals surface area contributed by atoms with E-state index in [4.69, 9.17) is 14.3 Å². The molecular weight excluding hydrogens is 393 g/mol. The van der Waals surface area contributed by atoms with Gasteiger partial charge in [0.05, 0.1) is 16.8 Å². The molecule has 0 spiro atoms. The Labute approximate surface area is 187 Å². The molecule has 30 heavy (non-hydrogen) atoms. The molecule has 0 bridgehead atoms. The van der Waals surface area contributed by atoms with Gasteiger partial charge in [-0.05, 0) is 71.6 Å². The van der Waals surface area contributed by atoms with E-state index in [1.165, 1.54) is 10.9 Å². The van der Waals surface area contributed by atoms with Crippen molar-refractivity contribution in [2.45, 2.75) is 98.3 Å². The Hall–Kier alpha value is -1.02. The fourth-order valence-electron chi connectivity index (χ4n) is 3.45. The van der Waals surface area contributed by atoms with Crippen molar-refractivity contribution < 1.29 is 9.31 Å². The molecule has 0 aromatic carbocycles. The largest absolute Gasteiger partial charge is 0.514 e. The molecular formula is C23H38BN3O2S. The van der Waals surface area contributed by atoms with Crippen LogP contribution >= 0.6 is 11.9 Å². The van der Waals surface area contributed by atoms with Gasteiger partial charge in [-0.2, -0.15) is 0 Å². The predicted octanol–water partition coefficient (Wildman–Crippen LogP) is 4.92. The molecule has 7 heteroatoms. The minimum atomic E-state index is -0.449. The first kappa shape index (κ1) is 23.6. The zero-order valence-electron chi connectivity index (χ0n) is 20.3. The fraction of sp³-hybridized carbons (Fsp3) is 0.696. The summed E-state index contributed by atoms with van der Waals surface area (Å²) in [6, 6.07) is 4.22. The first-order valence-electron chi connectivity index (χ1n) is 10.8. The van der Waals surface area contributed by atoms with Crippen LogP contribution in [0, 0.1) is 5.41 Å². The number of aromatic nitrogens is 2. The second-order valence-electron chi connectivity index (χ2n) is 11.6. The van der Waals surface area contributed by atoms with Crippen molar-refractivity contribution in [3.8, 4) is 0 Å². The molecule has 1 aliphatic rings. The Kier molecular flexibility index (Phi) is 6.18. The minimum Gasteiger partial charge on any atom is -0.398 e. The topological polar surface area (TPSA) is 48.3 Å². The van der Waals surface area contributed by atoms with Crippen LogP contribution in [0.4, 0.5) is 0 Å². The van der Waals surface area contributed by atoms with Crippen molar-refractivity contribution in [3.63, 3.8) is 0 Å². The van der Waals surface area contributed by atoms with Crippen molar-refractivity contribution in [2.75, 3.05) is 0 Å². The lowest BCUT2D eigenvalue weighted by Crippen LogP contribution is -2.41. The summed E-state index contributed by atoms with van der Waals surface area (Å²) < 4.78 is 18.5. The van der Waals surface area contributed by atoms with Crippen LogP contribution in [0.2, 0.25) is 0 Å². The number of nitrogens with one attached hydrogen (secondary N) is 1. The molecule has 2 aromatic rings. The van der Waals surface area contributed by atoms with Gasteiger partial charge in [-0.25, -0.2) is 4.98 Å². The highest BCUT2D eigenvalue weighted by Crippen LogP contribution is 2.36. The maximum atomic E-state index is 6.24. The van der Waals surface area contributed by atoms with Crippen LogP contribution in [0.25, 0.3) is 11.0 Å². The molecule has 0 saturated carbocycles. The molecule has 0 amide bonds. The van der Waals surface area contributed by atoms with E-state index in [0.29, 0.717) is 0 Å². The summed E-state index contributed by atoms with van der Waals surface area (Å²) >= 11 is 1.76. The van der Waals surface area contributed by atoms with Gasteiger partial charge in [-0.15, -0.1) is 0 Å². The Morgan fingerprint density at radius 1 is 1.03 bits per heavy atom. The molecule has 0 unspecified atom stereocenters. The van der Waals surface area contributed by atoms with E-state index in [-0.39, 0.29) is 21.4 Å². The van der Waals surface area contributed by atoms with Gasteiger partial charge < -0.3 is 13.9 Å². The van der Waals surface area contributed by atoms with Gasteiger partial charge in [-0.3, -0.25) is 4.72 Å². The number of fused-ring (bicyclic) bond motifs is 1. The normalized spacial score (nSPS) is 19.1. The highest BCUT2D eigenvalue weighted by Gasteiger charge is 2.52. The van der Waals surface area contributed by atoms with Crippen LogP contribution in [0.5, 0.6) is 0 Å². The molecule has 1 saturated heterocycles. The summed E-state index contributed by atoms with van der Waals surface area (Å²) in [7, 11) is -0.449.